The Morgan fingerprint density at radius 2 is 1.78 bits per heavy atom. The summed E-state index contributed by atoms with van der Waals surface area (Å²) in [5, 5.41) is 1.36. The van der Waals surface area contributed by atoms with E-state index in [0.29, 0.717) is 23.0 Å². The van der Waals surface area contributed by atoms with Gasteiger partial charge in [-0.05, 0) is 36.2 Å². The van der Waals surface area contributed by atoms with E-state index in [9.17, 15) is 0 Å². The minimum atomic E-state index is 0.128. The van der Waals surface area contributed by atoms with Gasteiger partial charge in [0.1, 0.15) is 0 Å². The molecule has 2 N–H and O–H groups in total. The average Bonchev–Trinajstić information content (AvgIpc) is 2.40. The lowest BCUT2D eigenvalue weighted by molar-refractivity contribution is 0.673. The molecule has 0 bridgehead atoms. The molecule has 0 amide bonds. The van der Waals surface area contributed by atoms with Crippen LogP contribution < -0.4 is 5.73 Å². The molecular weight excluding hydrogens is 267 g/mol. The lowest BCUT2D eigenvalue weighted by Crippen LogP contribution is -2.16. The number of nitrogens with zero attached hydrogens (tertiary/aromatic N) is 1. The van der Waals surface area contributed by atoms with Gasteiger partial charge in [0.15, 0.2) is 0 Å². The molecule has 94 valence electrons. The fraction of sp³-hybridized carbons (Fsp3) is 0.214. The molecule has 1 aromatic carbocycles. The van der Waals surface area contributed by atoms with E-state index >= 15 is 0 Å². The third kappa shape index (κ3) is 3.02. The summed E-state index contributed by atoms with van der Waals surface area (Å²) in [6.07, 6.45) is 2.47. The van der Waals surface area contributed by atoms with E-state index in [1.807, 2.05) is 36.4 Å². The van der Waals surface area contributed by atoms with Crippen molar-refractivity contribution in [1.82, 2.24) is 4.98 Å². The summed E-state index contributed by atoms with van der Waals surface area (Å²) in [5.41, 5.74) is 7.73. The Labute approximate surface area is 117 Å². The van der Waals surface area contributed by atoms with Crippen LogP contribution >= 0.6 is 23.2 Å². The largest absolute Gasteiger partial charge is 0.330 e. The number of benzene rings is 1. The summed E-state index contributed by atoms with van der Waals surface area (Å²) >= 11 is 12.3. The van der Waals surface area contributed by atoms with Gasteiger partial charge in [-0.2, -0.15) is 0 Å². The standard InChI is InChI=1S/C14H14Cl2N2/c15-12-4-3-5-13(16)11(12)8-10(9-17)14-6-1-2-7-18-14/h1-7,10H,8-9,17H2. The van der Waals surface area contributed by atoms with E-state index in [2.05, 4.69) is 4.98 Å². The summed E-state index contributed by atoms with van der Waals surface area (Å²) in [6, 6.07) is 11.3. The zero-order valence-corrected chi connectivity index (χ0v) is 11.3. The summed E-state index contributed by atoms with van der Waals surface area (Å²) in [7, 11) is 0. The SMILES string of the molecule is NCC(Cc1c(Cl)cccc1Cl)c1ccccn1. The van der Waals surface area contributed by atoms with Crippen LogP contribution in [0.3, 0.4) is 0 Å². The van der Waals surface area contributed by atoms with Crippen LogP contribution in [0.4, 0.5) is 0 Å². The normalized spacial score (nSPS) is 12.4. The van der Waals surface area contributed by atoms with E-state index in [0.717, 1.165) is 11.3 Å². The number of rotatable bonds is 4. The van der Waals surface area contributed by atoms with Crippen LogP contribution in [0.25, 0.3) is 0 Å². The molecule has 1 unspecified atom stereocenters. The third-order valence-electron chi connectivity index (χ3n) is 2.90. The van der Waals surface area contributed by atoms with E-state index in [1.165, 1.54) is 0 Å². The number of aromatic nitrogens is 1. The molecule has 2 aromatic rings. The monoisotopic (exact) mass is 280 g/mol. The van der Waals surface area contributed by atoms with Crippen molar-refractivity contribution in [3.63, 3.8) is 0 Å². The van der Waals surface area contributed by atoms with Crippen molar-refractivity contribution in [3.8, 4) is 0 Å². The summed E-state index contributed by atoms with van der Waals surface area (Å²) in [5.74, 6) is 0.128. The summed E-state index contributed by atoms with van der Waals surface area (Å²) in [6.45, 7) is 0.512. The number of hydrogen-bond donors (Lipinski definition) is 1. The summed E-state index contributed by atoms with van der Waals surface area (Å²) < 4.78 is 0. The molecule has 0 aliphatic heterocycles. The average molecular weight is 281 g/mol. The zero-order valence-electron chi connectivity index (χ0n) is 9.81. The van der Waals surface area contributed by atoms with Crippen LogP contribution in [-0.4, -0.2) is 11.5 Å². The van der Waals surface area contributed by atoms with Crippen LogP contribution in [0.15, 0.2) is 42.6 Å². The van der Waals surface area contributed by atoms with Crippen molar-refractivity contribution >= 4 is 23.2 Å². The predicted octanol–water partition coefficient (Wildman–Crippen LogP) is 3.67. The van der Waals surface area contributed by atoms with Crippen LogP contribution in [0.2, 0.25) is 10.0 Å². The molecule has 0 saturated carbocycles. The Kier molecular flexibility index (Phi) is 4.59. The van der Waals surface area contributed by atoms with Gasteiger partial charge in [0.25, 0.3) is 0 Å². The maximum absolute atomic E-state index is 6.17. The van der Waals surface area contributed by atoms with E-state index in [4.69, 9.17) is 28.9 Å². The van der Waals surface area contributed by atoms with Gasteiger partial charge in [-0.15, -0.1) is 0 Å². The highest BCUT2D eigenvalue weighted by Crippen LogP contribution is 2.29. The number of nitrogens with two attached hydrogens (primary N) is 1. The molecule has 2 rings (SSSR count). The van der Waals surface area contributed by atoms with Gasteiger partial charge >= 0.3 is 0 Å². The van der Waals surface area contributed by atoms with Crippen molar-refractivity contribution < 1.29 is 0 Å². The van der Waals surface area contributed by atoms with Crippen LogP contribution in [0.1, 0.15) is 17.2 Å². The molecule has 1 aromatic heterocycles. The molecule has 1 heterocycles. The molecule has 2 nitrogen and oxygen atoms in total. The molecule has 18 heavy (non-hydrogen) atoms. The molecule has 0 aliphatic carbocycles. The zero-order chi connectivity index (χ0) is 13.0. The Hall–Kier alpha value is -1.09. The molecule has 1 atom stereocenters. The van der Waals surface area contributed by atoms with Crippen molar-refractivity contribution in [2.75, 3.05) is 6.54 Å². The highest BCUT2D eigenvalue weighted by atomic mass is 35.5. The predicted molar refractivity (Wildman–Crippen MR) is 76.2 cm³/mol. The van der Waals surface area contributed by atoms with Crippen LogP contribution in [0.5, 0.6) is 0 Å². The lowest BCUT2D eigenvalue weighted by atomic mass is 9.95. The molecule has 0 spiro atoms. The van der Waals surface area contributed by atoms with Gasteiger partial charge in [-0.3, -0.25) is 4.98 Å². The van der Waals surface area contributed by atoms with Gasteiger partial charge in [0.05, 0.1) is 0 Å². The Morgan fingerprint density at radius 3 is 2.33 bits per heavy atom. The molecule has 0 aliphatic rings. The molecule has 4 heteroatoms. The van der Waals surface area contributed by atoms with Crippen molar-refractivity contribution in [3.05, 3.63) is 63.9 Å². The second kappa shape index (κ2) is 6.19. The smallest absolute Gasteiger partial charge is 0.0453 e. The minimum absolute atomic E-state index is 0.128. The topological polar surface area (TPSA) is 38.9 Å². The fourth-order valence-corrected chi connectivity index (χ4v) is 2.45. The van der Waals surface area contributed by atoms with Gasteiger partial charge < -0.3 is 5.73 Å². The number of pyridine rings is 1. The van der Waals surface area contributed by atoms with E-state index in [1.54, 1.807) is 6.20 Å². The van der Waals surface area contributed by atoms with E-state index in [-0.39, 0.29) is 5.92 Å². The Bertz CT molecular complexity index is 494. The van der Waals surface area contributed by atoms with E-state index < -0.39 is 0 Å². The first kappa shape index (κ1) is 13.3. The third-order valence-corrected chi connectivity index (χ3v) is 3.61. The summed E-state index contributed by atoms with van der Waals surface area (Å²) in [4.78, 5) is 4.34. The maximum atomic E-state index is 6.17. The van der Waals surface area contributed by atoms with Gasteiger partial charge in [0.2, 0.25) is 0 Å². The highest BCUT2D eigenvalue weighted by Gasteiger charge is 2.15. The first-order chi connectivity index (χ1) is 8.72. The molecule has 0 radical (unpaired) electrons. The van der Waals surface area contributed by atoms with Crippen molar-refractivity contribution in [2.45, 2.75) is 12.3 Å². The van der Waals surface area contributed by atoms with Gasteiger partial charge in [0, 0.05) is 34.4 Å². The minimum Gasteiger partial charge on any atom is -0.330 e. The van der Waals surface area contributed by atoms with Crippen molar-refractivity contribution in [2.24, 2.45) is 5.73 Å². The Morgan fingerprint density at radius 1 is 1.06 bits per heavy atom. The van der Waals surface area contributed by atoms with Gasteiger partial charge in [-0.1, -0.05) is 35.3 Å². The highest BCUT2D eigenvalue weighted by molar-refractivity contribution is 6.36. The Balaban J connectivity index is 2.26. The second-order valence-electron chi connectivity index (χ2n) is 4.09. The number of halogens is 2. The van der Waals surface area contributed by atoms with Crippen LogP contribution in [0, 0.1) is 0 Å². The van der Waals surface area contributed by atoms with Crippen molar-refractivity contribution in [1.29, 1.82) is 0 Å². The van der Waals surface area contributed by atoms with Crippen LogP contribution in [-0.2, 0) is 6.42 Å². The lowest BCUT2D eigenvalue weighted by Gasteiger charge is -2.16. The number of hydrogen-bond acceptors (Lipinski definition) is 2. The quantitative estimate of drug-likeness (QED) is 0.928. The first-order valence-corrected chi connectivity index (χ1v) is 6.52. The molecule has 0 fully saturated rings. The maximum Gasteiger partial charge on any atom is 0.0453 e. The van der Waals surface area contributed by atoms with Gasteiger partial charge in [-0.25, -0.2) is 0 Å². The fourth-order valence-electron chi connectivity index (χ4n) is 1.90. The molecule has 0 saturated heterocycles. The first-order valence-electron chi connectivity index (χ1n) is 5.76. The second-order valence-corrected chi connectivity index (χ2v) is 4.91. The molecular formula is C14H14Cl2N2.